The summed E-state index contributed by atoms with van der Waals surface area (Å²) in [5, 5.41) is 11.7. The van der Waals surface area contributed by atoms with Gasteiger partial charge >= 0.3 is 5.97 Å². The topological polar surface area (TPSA) is 79.5 Å². The Kier molecular flexibility index (Phi) is 4.12. The predicted molar refractivity (Wildman–Crippen MR) is 78.7 cm³/mol. The van der Waals surface area contributed by atoms with Crippen LogP contribution in [0.25, 0.3) is 0 Å². The number of rotatable bonds is 4. The molecule has 0 aliphatic rings. The quantitative estimate of drug-likeness (QED) is 0.905. The number of carbonyl (C=O) groups is 2. The molecule has 0 aliphatic heterocycles. The van der Waals surface area contributed by atoms with Gasteiger partial charge in [-0.3, -0.25) is 9.59 Å². The molecule has 0 spiro atoms. The summed E-state index contributed by atoms with van der Waals surface area (Å²) in [5.74, 6) is -1.22. The Balaban J connectivity index is 2.33. The van der Waals surface area contributed by atoms with Crippen LogP contribution in [-0.4, -0.2) is 17.0 Å². The number of nitrogens with one attached hydrogen (secondary N) is 1. The summed E-state index contributed by atoms with van der Waals surface area (Å²) >= 11 is 0. The first kappa shape index (κ1) is 14.8. The maximum absolute atomic E-state index is 12.4. The monoisotopic (exact) mass is 287 g/mol. The fraction of sp³-hybridized carbons (Fsp3) is 0.250. The van der Waals surface area contributed by atoms with Gasteiger partial charge in [0.05, 0.1) is 11.8 Å². The van der Waals surface area contributed by atoms with Crippen molar-refractivity contribution in [1.29, 1.82) is 0 Å². The fourth-order valence-electron chi connectivity index (χ4n) is 2.26. The van der Waals surface area contributed by atoms with E-state index in [0.717, 1.165) is 16.8 Å². The number of hydrogen-bond donors (Lipinski definition) is 2. The molecule has 2 rings (SSSR count). The lowest BCUT2D eigenvalue weighted by Gasteiger charge is -2.11. The van der Waals surface area contributed by atoms with Crippen molar-refractivity contribution in [3.63, 3.8) is 0 Å². The second kappa shape index (κ2) is 5.83. The number of carbonyl (C=O) groups excluding carboxylic acids is 1. The van der Waals surface area contributed by atoms with Gasteiger partial charge < -0.3 is 14.8 Å². The fourth-order valence-corrected chi connectivity index (χ4v) is 2.26. The molecule has 1 amide bonds. The van der Waals surface area contributed by atoms with Crippen LogP contribution in [0.5, 0.6) is 0 Å². The molecule has 0 saturated carbocycles. The van der Waals surface area contributed by atoms with Crippen LogP contribution in [0.2, 0.25) is 0 Å². The van der Waals surface area contributed by atoms with Crippen molar-refractivity contribution in [3.05, 3.63) is 52.5 Å². The lowest BCUT2D eigenvalue weighted by molar-refractivity contribution is -0.136. The van der Waals surface area contributed by atoms with Crippen molar-refractivity contribution >= 4 is 17.6 Å². The van der Waals surface area contributed by atoms with E-state index in [1.54, 1.807) is 6.92 Å². The molecule has 2 aromatic rings. The lowest BCUT2D eigenvalue weighted by atomic mass is 10.1. The Hall–Kier alpha value is -2.56. The molecule has 2 N–H and O–H groups in total. The summed E-state index contributed by atoms with van der Waals surface area (Å²) in [6.07, 6.45) is 1.08. The van der Waals surface area contributed by atoms with Crippen LogP contribution in [0.4, 0.5) is 5.69 Å². The molecule has 0 radical (unpaired) electrons. The zero-order valence-electron chi connectivity index (χ0n) is 12.2. The van der Waals surface area contributed by atoms with Gasteiger partial charge in [0.25, 0.3) is 5.91 Å². The summed E-state index contributed by atoms with van der Waals surface area (Å²) in [6.45, 7) is 5.53. The van der Waals surface area contributed by atoms with Crippen LogP contribution in [0.15, 0.2) is 28.9 Å². The highest BCUT2D eigenvalue weighted by molar-refractivity contribution is 6.07. The van der Waals surface area contributed by atoms with Crippen LogP contribution in [-0.2, 0) is 11.2 Å². The first-order valence-electron chi connectivity index (χ1n) is 6.56. The standard InChI is InChI=1S/C16H17NO4/c1-9-5-4-6-10(2)15(9)17-16(20)14-11(3)8-21-12(14)7-13(18)19/h4-6,8H,7H2,1-3H3,(H,17,20)(H,18,19). The van der Waals surface area contributed by atoms with Crippen LogP contribution in [0, 0.1) is 20.8 Å². The van der Waals surface area contributed by atoms with E-state index in [9.17, 15) is 9.59 Å². The van der Waals surface area contributed by atoms with E-state index in [1.807, 2.05) is 32.0 Å². The van der Waals surface area contributed by atoms with Crippen molar-refractivity contribution in [3.8, 4) is 0 Å². The van der Waals surface area contributed by atoms with Gasteiger partial charge in [0.1, 0.15) is 12.2 Å². The average Bonchev–Trinajstić information content (AvgIpc) is 2.74. The lowest BCUT2D eigenvalue weighted by Crippen LogP contribution is -2.16. The second-order valence-electron chi connectivity index (χ2n) is 5.01. The molecule has 0 unspecified atom stereocenters. The van der Waals surface area contributed by atoms with Gasteiger partial charge in [0.15, 0.2) is 0 Å². The van der Waals surface area contributed by atoms with E-state index >= 15 is 0 Å². The molecule has 5 heteroatoms. The number of benzene rings is 1. The molecule has 0 saturated heterocycles. The number of anilines is 1. The minimum Gasteiger partial charge on any atom is -0.481 e. The SMILES string of the molecule is Cc1cccc(C)c1NC(=O)c1c(C)coc1CC(=O)O. The molecule has 21 heavy (non-hydrogen) atoms. The van der Waals surface area contributed by atoms with Gasteiger partial charge in [0, 0.05) is 11.3 Å². The first-order valence-corrected chi connectivity index (χ1v) is 6.56. The Morgan fingerprint density at radius 3 is 2.33 bits per heavy atom. The third-order valence-corrected chi connectivity index (χ3v) is 3.31. The third-order valence-electron chi connectivity index (χ3n) is 3.31. The van der Waals surface area contributed by atoms with Crippen molar-refractivity contribution < 1.29 is 19.1 Å². The number of carboxylic acid groups (broad SMARTS) is 1. The van der Waals surface area contributed by atoms with Crippen LogP contribution in [0.3, 0.4) is 0 Å². The summed E-state index contributed by atoms with van der Waals surface area (Å²) in [5.41, 5.74) is 3.55. The molecule has 0 aliphatic carbocycles. The molecule has 1 heterocycles. The largest absolute Gasteiger partial charge is 0.481 e. The van der Waals surface area contributed by atoms with E-state index in [4.69, 9.17) is 9.52 Å². The van der Waals surface area contributed by atoms with Gasteiger partial charge in [0.2, 0.25) is 0 Å². The van der Waals surface area contributed by atoms with Gasteiger partial charge in [-0.2, -0.15) is 0 Å². The molecular formula is C16H17NO4. The third kappa shape index (κ3) is 3.13. The maximum atomic E-state index is 12.4. The van der Waals surface area contributed by atoms with Gasteiger partial charge in [-0.15, -0.1) is 0 Å². The Bertz CT molecular complexity index is 680. The highest BCUT2D eigenvalue weighted by atomic mass is 16.4. The van der Waals surface area contributed by atoms with Gasteiger partial charge in [-0.25, -0.2) is 0 Å². The number of hydrogen-bond acceptors (Lipinski definition) is 3. The van der Waals surface area contributed by atoms with Crippen LogP contribution < -0.4 is 5.32 Å². The van der Waals surface area contributed by atoms with Crippen molar-refractivity contribution in [2.45, 2.75) is 27.2 Å². The Morgan fingerprint density at radius 1 is 1.14 bits per heavy atom. The number of para-hydroxylation sites is 1. The normalized spacial score (nSPS) is 10.4. The minimum atomic E-state index is -1.04. The molecule has 110 valence electrons. The molecule has 1 aromatic heterocycles. The minimum absolute atomic E-state index is 0.170. The maximum Gasteiger partial charge on any atom is 0.311 e. The number of amides is 1. The Morgan fingerprint density at radius 2 is 1.76 bits per heavy atom. The molecule has 0 atom stereocenters. The smallest absolute Gasteiger partial charge is 0.311 e. The van der Waals surface area contributed by atoms with E-state index < -0.39 is 5.97 Å². The number of carboxylic acids is 1. The molecule has 0 bridgehead atoms. The molecule has 5 nitrogen and oxygen atoms in total. The summed E-state index contributed by atoms with van der Waals surface area (Å²) in [4.78, 5) is 23.3. The number of aryl methyl sites for hydroxylation is 3. The van der Waals surface area contributed by atoms with Gasteiger partial charge in [-0.05, 0) is 31.9 Å². The molecular weight excluding hydrogens is 270 g/mol. The summed E-state index contributed by atoms with van der Waals surface area (Å²) < 4.78 is 5.18. The zero-order valence-corrected chi connectivity index (χ0v) is 12.2. The van der Waals surface area contributed by atoms with Crippen molar-refractivity contribution in [1.82, 2.24) is 0 Å². The van der Waals surface area contributed by atoms with Crippen LogP contribution >= 0.6 is 0 Å². The highest BCUT2D eigenvalue weighted by Crippen LogP contribution is 2.23. The van der Waals surface area contributed by atoms with E-state index in [1.165, 1.54) is 6.26 Å². The predicted octanol–water partition coefficient (Wildman–Crippen LogP) is 3.08. The molecule has 1 aromatic carbocycles. The van der Waals surface area contributed by atoms with Crippen LogP contribution in [0.1, 0.15) is 32.8 Å². The number of aliphatic carboxylic acids is 1. The van der Waals surface area contributed by atoms with Gasteiger partial charge in [-0.1, -0.05) is 18.2 Å². The van der Waals surface area contributed by atoms with Crippen molar-refractivity contribution in [2.24, 2.45) is 0 Å². The summed E-state index contributed by atoms with van der Waals surface area (Å²) in [6, 6.07) is 5.73. The highest BCUT2D eigenvalue weighted by Gasteiger charge is 2.21. The molecule has 0 fully saturated rings. The van der Waals surface area contributed by atoms with E-state index in [-0.39, 0.29) is 18.1 Å². The average molecular weight is 287 g/mol. The Labute approximate surface area is 122 Å². The van der Waals surface area contributed by atoms with E-state index in [2.05, 4.69) is 5.32 Å². The zero-order chi connectivity index (χ0) is 15.6. The second-order valence-corrected chi connectivity index (χ2v) is 5.01. The van der Waals surface area contributed by atoms with E-state index in [0.29, 0.717) is 11.1 Å². The summed E-state index contributed by atoms with van der Waals surface area (Å²) in [7, 11) is 0. The number of furan rings is 1. The van der Waals surface area contributed by atoms with Crippen molar-refractivity contribution in [2.75, 3.05) is 5.32 Å². The first-order chi connectivity index (χ1) is 9.90.